The van der Waals surface area contributed by atoms with E-state index in [1.54, 1.807) is 11.4 Å². The van der Waals surface area contributed by atoms with Crippen molar-refractivity contribution >= 4 is 43.0 Å². The van der Waals surface area contributed by atoms with E-state index < -0.39 is 10.0 Å². The summed E-state index contributed by atoms with van der Waals surface area (Å²) in [5.41, 5.74) is 7.72. The van der Waals surface area contributed by atoms with E-state index in [1.807, 2.05) is 24.3 Å². The summed E-state index contributed by atoms with van der Waals surface area (Å²) in [6, 6.07) is 9.08. The second-order valence-corrected chi connectivity index (χ2v) is 8.51. The van der Waals surface area contributed by atoms with Crippen LogP contribution in [0.25, 0.3) is 0 Å². The minimum Gasteiger partial charge on any atom is -0.326 e. The third-order valence-electron chi connectivity index (χ3n) is 3.25. The Bertz CT molecular complexity index is 742. The normalized spacial score (nSPS) is 18.9. The van der Waals surface area contributed by atoms with Crippen LogP contribution in [0.1, 0.15) is 5.56 Å². The number of benzene rings is 1. The minimum absolute atomic E-state index is 0.182. The van der Waals surface area contributed by atoms with Gasteiger partial charge in [-0.15, -0.1) is 11.3 Å². The predicted octanol–water partition coefficient (Wildman–Crippen LogP) is 2.59. The molecule has 0 radical (unpaired) electrons. The monoisotopic (exact) mass is 372 g/mol. The molecule has 106 valence electrons. The smallest absolute Gasteiger partial charge is 0.275 e. The molecule has 1 aliphatic heterocycles. The standard InChI is InChI=1S/C13H13BrN2O2S2/c14-11-5-6-19-13(11)20(17,18)16-8-10(15)7-9-3-1-2-4-12(9)16/h1-6,10H,7-8,15H2. The number of thiophene rings is 1. The first-order valence-corrected chi connectivity index (χ1v) is 9.20. The van der Waals surface area contributed by atoms with Crippen molar-refractivity contribution in [3.63, 3.8) is 0 Å². The van der Waals surface area contributed by atoms with E-state index in [9.17, 15) is 8.42 Å². The van der Waals surface area contributed by atoms with Crippen LogP contribution in [0.3, 0.4) is 0 Å². The number of nitrogens with two attached hydrogens (primary N) is 1. The number of halogens is 1. The van der Waals surface area contributed by atoms with Crippen LogP contribution >= 0.6 is 27.3 Å². The Labute approximate surface area is 130 Å². The van der Waals surface area contributed by atoms with Crippen LogP contribution in [-0.2, 0) is 16.4 Å². The minimum atomic E-state index is -3.57. The van der Waals surface area contributed by atoms with E-state index in [0.717, 1.165) is 11.3 Å². The van der Waals surface area contributed by atoms with Crippen molar-refractivity contribution in [1.29, 1.82) is 0 Å². The highest BCUT2D eigenvalue weighted by atomic mass is 79.9. The van der Waals surface area contributed by atoms with Crippen LogP contribution < -0.4 is 10.0 Å². The van der Waals surface area contributed by atoms with Crippen LogP contribution in [0, 0.1) is 0 Å². The van der Waals surface area contributed by atoms with Crippen molar-refractivity contribution in [3.05, 3.63) is 45.7 Å². The molecular weight excluding hydrogens is 360 g/mol. The van der Waals surface area contributed by atoms with E-state index >= 15 is 0 Å². The number of anilines is 1. The molecule has 1 unspecified atom stereocenters. The van der Waals surface area contributed by atoms with Crippen molar-refractivity contribution in [2.45, 2.75) is 16.7 Å². The number of rotatable bonds is 2. The quantitative estimate of drug-likeness (QED) is 0.880. The summed E-state index contributed by atoms with van der Waals surface area (Å²) in [5.74, 6) is 0. The van der Waals surface area contributed by atoms with E-state index in [2.05, 4.69) is 15.9 Å². The van der Waals surface area contributed by atoms with Gasteiger partial charge in [-0.3, -0.25) is 4.31 Å². The summed E-state index contributed by atoms with van der Waals surface area (Å²) in [5, 5.41) is 1.76. The Morgan fingerprint density at radius 1 is 1.30 bits per heavy atom. The lowest BCUT2D eigenvalue weighted by Gasteiger charge is -2.33. The zero-order chi connectivity index (χ0) is 14.3. The van der Waals surface area contributed by atoms with E-state index in [-0.39, 0.29) is 6.04 Å². The summed E-state index contributed by atoms with van der Waals surface area (Å²) in [4.78, 5) is 0. The zero-order valence-electron chi connectivity index (χ0n) is 10.5. The molecule has 0 fully saturated rings. The van der Waals surface area contributed by atoms with Gasteiger partial charge in [0.15, 0.2) is 4.21 Å². The zero-order valence-corrected chi connectivity index (χ0v) is 13.7. The van der Waals surface area contributed by atoms with Crippen LogP contribution in [0.5, 0.6) is 0 Å². The maximum atomic E-state index is 12.8. The Kier molecular flexibility index (Phi) is 3.62. The van der Waals surface area contributed by atoms with Gasteiger partial charge in [0, 0.05) is 17.1 Å². The average molecular weight is 373 g/mol. The Morgan fingerprint density at radius 3 is 2.75 bits per heavy atom. The molecule has 0 amide bonds. The van der Waals surface area contributed by atoms with Gasteiger partial charge in [0.1, 0.15) is 0 Å². The van der Waals surface area contributed by atoms with Gasteiger partial charge in [-0.1, -0.05) is 18.2 Å². The molecule has 1 aliphatic rings. The average Bonchev–Trinajstić information content (AvgIpc) is 2.84. The van der Waals surface area contributed by atoms with Crippen molar-refractivity contribution in [3.8, 4) is 0 Å². The van der Waals surface area contributed by atoms with Crippen LogP contribution in [-0.4, -0.2) is 21.0 Å². The molecule has 0 aliphatic carbocycles. The van der Waals surface area contributed by atoms with Gasteiger partial charge in [0.05, 0.1) is 5.69 Å². The number of hydrogen-bond acceptors (Lipinski definition) is 4. The Morgan fingerprint density at radius 2 is 2.05 bits per heavy atom. The lowest BCUT2D eigenvalue weighted by molar-refractivity contribution is 0.577. The third-order valence-corrected chi connectivity index (χ3v) is 7.68. The lowest BCUT2D eigenvalue weighted by atomic mass is 10.0. The highest BCUT2D eigenvalue weighted by Gasteiger charge is 2.33. The second-order valence-electron chi connectivity index (χ2n) is 4.69. The second kappa shape index (κ2) is 5.14. The fourth-order valence-electron chi connectivity index (χ4n) is 2.38. The first-order chi connectivity index (χ1) is 9.50. The molecule has 1 aromatic carbocycles. The number of nitrogens with zero attached hydrogens (tertiary/aromatic N) is 1. The van der Waals surface area contributed by atoms with Crippen LogP contribution in [0.4, 0.5) is 5.69 Å². The van der Waals surface area contributed by atoms with Gasteiger partial charge in [-0.05, 0) is 45.4 Å². The first kappa shape index (κ1) is 14.1. The molecule has 0 bridgehead atoms. The first-order valence-electron chi connectivity index (χ1n) is 6.09. The molecule has 7 heteroatoms. The lowest BCUT2D eigenvalue weighted by Crippen LogP contribution is -2.46. The van der Waals surface area contributed by atoms with Crippen LogP contribution in [0.2, 0.25) is 0 Å². The molecule has 0 saturated carbocycles. The van der Waals surface area contributed by atoms with Crippen molar-refractivity contribution in [2.75, 3.05) is 10.8 Å². The van der Waals surface area contributed by atoms with Gasteiger partial charge < -0.3 is 5.73 Å². The maximum absolute atomic E-state index is 12.8. The van der Waals surface area contributed by atoms with E-state index in [0.29, 0.717) is 21.6 Å². The summed E-state index contributed by atoms with van der Waals surface area (Å²) in [6.07, 6.45) is 0.702. The van der Waals surface area contributed by atoms with Gasteiger partial charge in [0.2, 0.25) is 0 Å². The molecule has 2 N–H and O–H groups in total. The summed E-state index contributed by atoms with van der Waals surface area (Å²) in [7, 11) is -3.57. The molecule has 20 heavy (non-hydrogen) atoms. The molecule has 1 aromatic heterocycles. The summed E-state index contributed by atoms with van der Waals surface area (Å²) < 4.78 is 28.0. The molecular formula is C13H13BrN2O2S2. The van der Waals surface area contributed by atoms with Crippen molar-refractivity contribution in [1.82, 2.24) is 0 Å². The van der Waals surface area contributed by atoms with Gasteiger partial charge in [0.25, 0.3) is 10.0 Å². The highest BCUT2D eigenvalue weighted by molar-refractivity contribution is 9.10. The van der Waals surface area contributed by atoms with E-state index in [1.165, 1.54) is 15.6 Å². The van der Waals surface area contributed by atoms with Gasteiger partial charge in [-0.2, -0.15) is 0 Å². The molecule has 2 aromatic rings. The fraction of sp³-hybridized carbons (Fsp3) is 0.231. The topological polar surface area (TPSA) is 63.4 Å². The van der Waals surface area contributed by atoms with Crippen molar-refractivity contribution < 1.29 is 8.42 Å². The molecule has 4 nitrogen and oxygen atoms in total. The van der Waals surface area contributed by atoms with Crippen LogP contribution in [0.15, 0.2) is 44.4 Å². The Balaban J connectivity index is 2.13. The number of fused-ring (bicyclic) bond motifs is 1. The van der Waals surface area contributed by atoms with Crippen molar-refractivity contribution in [2.24, 2.45) is 5.73 Å². The molecule has 2 heterocycles. The fourth-order valence-corrected chi connectivity index (χ4v) is 6.35. The largest absolute Gasteiger partial charge is 0.326 e. The number of hydrogen-bond donors (Lipinski definition) is 1. The molecule has 3 rings (SSSR count). The Hall–Kier alpha value is -0.890. The maximum Gasteiger partial charge on any atom is 0.275 e. The SMILES string of the molecule is NC1Cc2ccccc2N(S(=O)(=O)c2sccc2Br)C1. The van der Waals surface area contributed by atoms with E-state index in [4.69, 9.17) is 5.73 Å². The van der Waals surface area contributed by atoms with Gasteiger partial charge in [-0.25, -0.2) is 8.42 Å². The molecule has 0 saturated heterocycles. The predicted molar refractivity (Wildman–Crippen MR) is 84.7 cm³/mol. The molecule has 1 atom stereocenters. The summed E-state index contributed by atoms with van der Waals surface area (Å²) >= 11 is 4.51. The third kappa shape index (κ3) is 2.28. The molecule has 0 spiro atoms. The number of sulfonamides is 1. The highest BCUT2D eigenvalue weighted by Crippen LogP contribution is 2.36. The van der Waals surface area contributed by atoms with Gasteiger partial charge >= 0.3 is 0 Å². The number of para-hydroxylation sites is 1. The summed E-state index contributed by atoms with van der Waals surface area (Å²) in [6.45, 7) is 0.309.